The number of allylic oxidation sites excluding steroid dienone is 1. The molecule has 0 radical (unpaired) electrons. The molecular formula is C23H21NO4. The fourth-order valence-corrected chi connectivity index (χ4v) is 3.54. The lowest BCUT2D eigenvalue weighted by atomic mass is 10.0. The predicted octanol–water partition coefficient (Wildman–Crippen LogP) is 4.55. The molecule has 2 aromatic carbocycles. The van der Waals surface area contributed by atoms with Crippen LogP contribution in [-0.4, -0.2) is 22.7 Å². The number of fused-ring (bicyclic) bond motifs is 2. The van der Waals surface area contributed by atoms with Crippen molar-refractivity contribution in [2.45, 2.75) is 27.3 Å². The van der Waals surface area contributed by atoms with Gasteiger partial charge in [0.2, 0.25) is 5.78 Å². The van der Waals surface area contributed by atoms with Gasteiger partial charge in [-0.2, -0.15) is 0 Å². The van der Waals surface area contributed by atoms with Crippen molar-refractivity contribution in [3.63, 3.8) is 0 Å². The zero-order valence-electron chi connectivity index (χ0n) is 16.1. The molecule has 1 aromatic heterocycles. The Balaban J connectivity index is 1.72. The van der Waals surface area contributed by atoms with E-state index in [2.05, 4.69) is 17.6 Å². The van der Waals surface area contributed by atoms with Crippen molar-refractivity contribution in [3.8, 4) is 11.5 Å². The smallest absolute Gasteiger partial charge is 0.232 e. The molecule has 4 rings (SSSR count). The van der Waals surface area contributed by atoms with Crippen LogP contribution in [0.15, 0.2) is 48.4 Å². The number of nitrogens with zero attached hydrogens (tertiary/aromatic N) is 1. The normalized spacial score (nSPS) is 14.4. The number of carbonyl (C=O) groups excluding carboxylic acids is 2. The number of Topliss-reactive ketones (excluding diaryl/α,β-unsaturated/α-hetero) is 2. The molecule has 0 saturated heterocycles. The fourth-order valence-electron chi connectivity index (χ4n) is 3.54. The topological polar surface area (TPSA) is 57.5 Å². The first-order valence-electron chi connectivity index (χ1n) is 9.27. The van der Waals surface area contributed by atoms with Gasteiger partial charge >= 0.3 is 0 Å². The van der Waals surface area contributed by atoms with E-state index in [1.165, 1.54) is 6.92 Å². The molecule has 0 fully saturated rings. The van der Waals surface area contributed by atoms with E-state index in [0.717, 1.165) is 28.6 Å². The van der Waals surface area contributed by atoms with Crippen LogP contribution in [0.2, 0.25) is 0 Å². The summed E-state index contributed by atoms with van der Waals surface area (Å²) in [5, 5.41) is 1.08. The summed E-state index contributed by atoms with van der Waals surface area (Å²) in [6, 6.07) is 11.5. The number of carbonyl (C=O) groups is 2. The summed E-state index contributed by atoms with van der Waals surface area (Å²) in [5.74, 6) is 1.07. The van der Waals surface area contributed by atoms with Crippen molar-refractivity contribution in [3.05, 3.63) is 65.0 Å². The highest BCUT2D eigenvalue weighted by Gasteiger charge is 2.30. The van der Waals surface area contributed by atoms with Crippen LogP contribution in [0.3, 0.4) is 0 Å². The second kappa shape index (κ2) is 7.00. The van der Waals surface area contributed by atoms with Gasteiger partial charge in [0.25, 0.3) is 0 Å². The Kier molecular flexibility index (Phi) is 4.51. The third kappa shape index (κ3) is 3.09. The molecule has 0 saturated carbocycles. The molecule has 0 amide bonds. The number of aryl methyl sites for hydroxylation is 2. The lowest BCUT2D eigenvalue weighted by molar-refractivity contribution is -0.118. The maximum atomic E-state index is 12.9. The van der Waals surface area contributed by atoms with E-state index >= 15 is 0 Å². The van der Waals surface area contributed by atoms with Crippen molar-refractivity contribution in [2.75, 3.05) is 6.61 Å². The van der Waals surface area contributed by atoms with Crippen molar-refractivity contribution in [1.82, 2.24) is 4.57 Å². The van der Waals surface area contributed by atoms with Gasteiger partial charge in [-0.05, 0) is 44.5 Å². The van der Waals surface area contributed by atoms with E-state index in [9.17, 15) is 9.59 Å². The molecule has 0 aliphatic carbocycles. The van der Waals surface area contributed by atoms with E-state index in [1.807, 2.05) is 31.3 Å². The Bertz CT molecular complexity index is 1140. The molecule has 0 unspecified atom stereocenters. The second-order valence-corrected chi connectivity index (χ2v) is 6.93. The maximum Gasteiger partial charge on any atom is 0.232 e. The van der Waals surface area contributed by atoms with Crippen LogP contribution >= 0.6 is 0 Å². The SMILES string of the molecule is CCn1cc(/C=C2\Oc3cc(OCC(C)=O)cc(C)c3C2=O)c2ccccc21. The molecule has 142 valence electrons. The predicted molar refractivity (Wildman–Crippen MR) is 108 cm³/mol. The van der Waals surface area contributed by atoms with Gasteiger partial charge in [0.05, 0.1) is 5.56 Å². The summed E-state index contributed by atoms with van der Waals surface area (Å²) in [6.45, 7) is 6.23. The summed E-state index contributed by atoms with van der Waals surface area (Å²) < 4.78 is 13.5. The highest BCUT2D eigenvalue weighted by Crippen LogP contribution is 2.38. The minimum atomic E-state index is -0.140. The molecule has 1 aliphatic heterocycles. The van der Waals surface area contributed by atoms with Crippen LogP contribution in [0.25, 0.3) is 17.0 Å². The molecule has 1 aliphatic rings. The monoisotopic (exact) mass is 375 g/mol. The zero-order valence-corrected chi connectivity index (χ0v) is 16.1. The first-order chi connectivity index (χ1) is 13.5. The van der Waals surface area contributed by atoms with E-state index in [4.69, 9.17) is 9.47 Å². The van der Waals surface area contributed by atoms with E-state index in [-0.39, 0.29) is 18.2 Å². The van der Waals surface area contributed by atoms with Gasteiger partial charge in [-0.15, -0.1) is 0 Å². The van der Waals surface area contributed by atoms with Gasteiger partial charge in [-0.3, -0.25) is 9.59 Å². The molecular weight excluding hydrogens is 354 g/mol. The highest BCUT2D eigenvalue weighted by molar-refractivity contribution is 6.16. The van der Waals surface area contributed by atoms with Crippen LogP contribution in [0, 0.1) is 6.92 Å². The fraction of sp³-hybridized carbons (Fsp3) is 0.217. The van der Waals surface area contributed by atoms with E-state index in [1.54, 1.807) is 18.2 Å². The van der Waals surface area contributed by atoms with Crippen molar-refractivity contribution < 1.29 is 19.1 Å². The van der Waals surface area contributed by atoms with Crippen LogP contribution in [-0.2, 0) is 11.3 Å². The molecule has 5 nitrogen and oxygen atoms in total. The number of ether oxygens (including phenoxy) is 2. The Hall–Kier alpha value is -3.34. The molecule has 0 N–H and O–H groups in total. The molecule has 5 heteroatoms. The number of para-hydroxylation sites is 1. The van der Waals surface area contributed by atoms with E-state index in [0.29, 0.717) is 22.8 Å². The summed E-state index contributed by atoms with van der Waals surface area (Å²) in [6.07, 6.45) is 3.83. The molecule has 0 spiro atoms. The van der Waals surface area contributed by atoms with Crippen LogP contribution in [0.4, 0.5) is 0 Å². The van der Waals surface area contributed by atoms with Gasteiger partial charge in [-0.25, -0.2) is 0 Å². The molecule has 28 heavy (non-hydrogen) atoms. The number of hydrogen-bond acceptors (Lipinski definition) is 4. The van der Waals surface area contributed by atoms with Crippen LogP contribution < -0.4 is 9.47 Å². The quantitative estimate of drug-likeness (QED) is 0.614. The number of benzene rings is 2. The lowest BCUT2D eigenvalue weighted by Crippen LogP contribution is -2.06. The third-order valence-corrected chi connectivity index (χ3v) is 4.83. The van der Waals surface area contributed by atoms with Crippen molar-refractivity contribution >= 4 is 28.5 Å². The van der Waals surface area contributed by atoms with Gasteiger partial charge in [-0.1, -0.05) is 18.2 Å². The van der Waals surface area contributed by atoms with Gasteiger partial charge < -0.3 is 14.0 Å². The van der Waals surface area contributed by atoms with Crippen molar-refractivity contribution in [1.29, 1.82) is 0 Å². The standard InChI is InChI=1S/C23H21NO4/c1-4-24-12-16(18-7-5-6-8-19(18)24)10-21-23(26)22-14(2)9-17(11-20(22)28-21)27-13-15(3)25/h5-12H,4,13H2,1-3H3/b21-10-. The maximum absolute atomic E-state index is 12.9. The highest BCUT2D eigenvalue weighted by atomic mass is 16.5. The molecule has 2 heterocycles. The Morgan fingerprint density at radius 1 is 1.25 bits per heavy atom. The first-order valence-corrected chi connectivity index (χ1v) is 9.27. The lowest BCUT2D eigenvalue weighted by Gasteiger charge is -2.07. The Labute approximate surface area is 163 Å². The Morgan fingerprint density at radius 3 is 2.79 bits per heavy atom. The molecule has 0 bridgehead atoms. The first kappa shape index (κ1) is 18.0. The minimum absolute atomic E-state index is 0.00854. The van der Waals surface area contributed by atoms with Gasteiger partial charge in [0.1, 0.15) is 18.1 Å². The number of hydrogen-bond donors (Lipinski definition) is 0. The third-order valence-electron chi connectivity index (χ3n) is 4.83. The number of aromatic nitrogens is 1. The number of rotatable bonds is 5. The van der Waals surface area contributed by atoms with Crippen LogP contribution in [0.5, 0.6) is 11.5 Å². The summed E-state index contributed by atoms with van der Waals surface area (Å²) in [4.78, 5) is 24.1. The van der Waals surface area contributed by atoms with Crippen LogP contribution in [0.1, 0.15) is 35.3 Å². The molecule has 3 aromatic rings. The van der Waals surface area contributed by atoms with Gasteiger partial charge in [0, 0.05) is 35.3 Å². The average Bonchev–Trinajstić information content (AvgIpc) is 3.18. The second-order valence-electron chi connectivity index (χ2n) is 6.93. The van der Waals surface area contributed by atoms with Gasteiger partial charge in [0.15, 0.2) is 11.5 Å². The zero-order chi connectivity index (χ0) is 19.8. The summed E-state index contributed by atoms with van der Waals surface area (Å²) in [7, 11) is 0. The summed E-state index contributed by atoms with van der Waals surface area (Å²) in [5.41, 5.74) is 3.37. The summed E-state index contributed by atoms with van der Waals surface area (Å²) >= 11 is 0. The van der Waals surface area contributed by atoms with Crippen molar-refractivity contribution in [2.24, 2.45) is 0 Å². The van der Waals surface area contributed by atoms with E-state index < -0.39 is 0 Å². The number of ketones is 2. The Morgan fingerprint density at radius 2 is 2.04 bits per heavy atom. The minimum Gasteiger partial charge on any atom is -0.486 e. The average molecular weight is 375 g/mol. The largest absolute Gasteiger partial charge is 0.486 e. The molecule has 0 atom stereocenters.